The first-order chi connectivity index (χ1) is 9.69. The Kier molecular flexibility index (Phi) is 3.23. The van der Waals surface area contributed by atoms with Crippen molar-refractivity contribution in [2.24, 2.45) is 5.73 Å². The minimum absolute atomic E-state index is 0.192. The van der Waals surface area contributed by atoms with Crippen LogP contribution in [0.4, 0.5) is 0 Å². The van der Waals surface area contributed by atoms with Gasteiger partial charge in [0.05, 0.1) is 24.2 Å². The summed E-state index contributed by atoms with van der Waals surface area (Å²) in [5.41, 5.74) is 7.47. The fraction of sp³-hybridized carbons (Fsp3) is 0.357. The van der Waals surface area contributed by atoms with Crippen molar-refractivity contribution in [3.8, 4) is 0 Å². The number of hydrogen-bond donors (Lipinski definition) is 2. The van der Waals surface area contributed by atoms with Gasteiger partial charge in [0.2, 0.25) is 11.8 Å². The van der Waals surface area contributed by atoms with E-state index in [4.69, 9.17) is 5.73 Å². The highest BCUT2D eigenvalue weighted by atomic mass is 16.2. The Morgan fingerprint density at radius 1 is 1.40 bits per heavy atom. The highest BCUT2D eigenvalue weighted by molar-refractivity contribution is 6.01. The fourth-order valence-corrected chi connectivity index (χ4v) is 2.63. The van der Waals surface area contributed by atoms with Crippen LogP contribution in [0, 0.1) is 0 Å². The predicted molar refractivity (Wildman–Crippen MR) is 73.9 cm³/mol. The summed E-state index contributed by atoms with van der Waals surface area (Å²) in [6, 6.07) is 5.85. The van der Waals surface area contributed by atoms with E-state index in [0.717, 1.165) is 16.5 Å². The Hall–Kier alpha value is -2.21. The number of hydrogen-bond acceptors (Lipinski definition) is 4. The molecule has 20 heavy (non-hydrogen) atoms. The lowest BCUT2D eigenvalue weighted by atomic mass is 9.90. The van der Waals surface area contributed by atoms with Crippen molar-refractivity contribution in [3.05, 3.63) is 30.0 Å². The molecule has 1 aromatic carbocycles. The number of fused-ring (bicyclic) bond motifs is 1. The second-order valence-corrected chi connectivity index (χ2v) is 4.98. The molecule has 0 bridgehead atoms. The van der Waals surface area contributed by atoms with Gasteiger partial charge in [0.1, 0.15) is 0 Å². The van der Waals surface area contributed by atoms with Crippen molar-refractivity contribution < 1.29 is 9.59 Å². The number of nitrogens with zero attached hydrogens (tertiary/aromatic N) is 2. The molecule has 1 aliphatic rings. The van der Waals surface area contributed by atoms with Crippen molar-refractivity contribution in [1.82, 2.24) is 15.1 Å². The second kappa shape index (κ2) is 5.05. The molecule has 6 nitrogen and oxygen atoms in total. The monoisotopic (exact) mass is 272 g/mol. The molecule has 2 amide bonds. The number of nitrogens with one attached hydrogen (secondary N) is 1. The maximum atomic E-state index is 11.9. The maximum Gasteiger partial charge on any atom is 0.234 e. The summed E-state index contributed by atoms with van der Waals surface area (Å²) in [6.45, 7) is 1.20. The van der Waals surface area contributed by atoms with Crippen molar-refractivity contribution in [1.29, 1.82) is 0 Å². The van der Waals surface area contributed by atoms with Crippen molar-refractivity contribution >= 4 is 22.7 Å². The van der Waals surface area contributed by atoms with E-state index in [2.05, 4.69) is 10.4 Å². The van der Waals surface area contributed by atoms with Crippen LogP contribution >= 0.6 is 0 Å². The summed E-state index contributed by atoms with van der Waals surface area (Å²) in [7, 11) is 0. The Balaban J connectivity index is 1.93. The van der Waals surface area contributed by atoms with Crippen molar-refractivity contribution in [3.63, 3.8) is 0 Å². The van der Waals surface area contributed by atoms with Gasteiger partial charge < -0.3 is 5.73 Å². The van der Waals surface area contributed by atoms with Gasteiger partial charge in [0, 0.05) is 18.4 Å². The number of carbonyl (C=O) groups excluding carboxylic acids is 2. The standard InChI is InChI=1S/C14H16N4O2/c15-5-6-18-12-3-1-9(7-10(12)8-16-18)11-2-4-13(19)17-14(11)20/h1,3,7-8,11H,2,4-6,15H2,(H,17,19,20). The molecule has 6 heteroatoms. The lowest BCUT2D eigenvalue weighted by Gasteiger charge is -2.21. The normalized spacial score (nSPS) is 19.4. The number of rotatable bonds is 3. The first-order valence-electron chi connectivity index (χ1n) is 6.68. The van der Waals surface area contributed by atoms with Crippen LogP contribution in [0.15, 0.2) is 24.4 Å². The minimum atomic E-state index is -0.255. The molecule has 104 valence electrons. The van der Waals surface area contributed by atoms with Crippen LogP contribution in [0.5, 0.6) is 0 Å². The van der Waals surface area contributed by atoms with Crippen LogP contribution in [-0.2, 0) is 16.1 Å². The van der Waals surface area contributed by atoms with E-state index in [1.807, 2.05) is 22.9 Å². The van der Waals surface area contributed by atoms with Crippen LogP contribution in [0.2, 0.25) is 0 Å². The van der Waals surface area contributed by atoms with Gasteiger partial charge in [-0.1, -0.05) is 6.07 Å². The summed E-state index contributed by atoms with van der Waals surface area (Å²) in [4.78, 5) is 23.1. The zero-order chi connectivity index (χ0) is 14.1. The molecule has 3 N–H and O–H groups in total. The number of carbonyl (C=O) groups is 2. The molecule has 1 atom stereocenters. The highest BCUT2D eigenvalue weighted by Crippen LogP contribution is 2.27. The number of benzene rings is 1. The molecule has 0 saturated carbocycles. The zero-order valence-electron chi connectivity index (χ0n) is 11.0. The van der Waals surface area contributed by atoms with Crippen molar-refractivity contribution in [2.45, 2.75) is 25.3 Å². The highest BCUT2D eigenvalue weighted by Gasteiger charge is 2.28. The van der Waals surface area contributed by atoms with E-state index >= 15 is 0 Å². The Morgan fingerprint density at radius 2 is 2.25 bits per heavy atom. The molecule has 2 aromatic rings. The number of amides is 2. The summed E-state index contributed by atoms with van der Waals surface area (Å²) in [6.07, 6.45) is 2.73. The Labute approximate surface area is 115 Å². The number of imide groups is 1. The van der Waals surface area contributed by atoms with E-state index in [9.17, 15) is 9.59 Å². The van der Waals surface area contributed by atoms with Crippen LogP contribution in [0.25, 0.3) is 10.9 Å². The molecule has 1 aliphatic heterocycles. The van der Waals surface area contributed by atoms with Crippen LogP contribution in [-0.4, -0.2) is 28.1 Å². The van der Waals surface area contributed by atoms with Gasteiger partial charge in [0.15, 0.2) is 0 Å². The average Bonchev–Trinajstić information content (AvgIpc) is 2.82. The molecule has 0 spiro atoms. The molecule has 1 unspecified atom stereocenters. The SMILES string of the molecule is NCCn1ncc2cc(C3CCC(=O)NC3=O)ccc21. The van der Waals surface area contributed by atoms with Crippen LogP contribution in [0.3, 0.4) is 0 Å². The molecule has 1 saturated heterocycles. The third kappa shape index (κ3) is 2.18. The van der Waals surface area contributed by atoms with Crippen LogP contribution in [0.1, 0.15) is 24.3 Å². The summed E-state index contributed by atoms with van der Waals surface area (Å²) in [5, 5.41) is 7.66. The lowest BCUT2D eigenvalue weighted by Crippen LogP contribution is -2.39. The summed E-state index contributed by atoms with van der Waals surface area (Å²) in [5.74, 6) is -0.659. The van der Waals surface area contributed by atoms with Gasteiger partial charge in [-0.3, -0.25) is 19.6 Å². The quantitative estimate of drug-likeness (QED) is 0.797. The van der Waals surface area contributed by atoms with E-state index in [1.165, 1.54) is 0 Å². The van der Waals surface area contributed by atoms with Gasteiger partial charge >= 0.3 is 0 Å². The maximum absolute atomic E-state index is 11.9. The number of nitrogens with two attached hydrogens (primary N) is 1. The Bertz CT molecular complexity index is 677. The minimum Gasteiger partial charge on any atom is -0.329 e. The van der Waals surface area contributed by atoms with E-state index in [0.29, 0.717) is 25.9 Å². The number of piperidine rings is 1. The molecule has 1 fully saturated rings. The molecule has 3 rings (SSSR count). The van der Waals surface area contributed by atoms with E-state index < -0.39 is 0 Å². The summed E-state index contributed by atoms with van der Waals surface area (Å²) < 4.78 is 1.85. The zero-order valence-corrected chi connectivity index (χ0v) is 11.0. The summed E-state index contributed by atoms with van der Waals surface area (Å²) >= 11 is 0. The van der Waals surface area contributed by atoms with Gasteiger partial charge in [-0.2, -0.15) is 5.10 Å². The molecule has 0 aliphatic carbocycles. The second-order valence-electron chi connectivity index (χ2n) is 4.98. The van der Waals surface area contributed by atoms with Crippen LogP contribution < -0.4 is 11.1 Å². The first-order valence-corrected chi connectivity index (χ1v) is 6.68. The van der Waals surface area contributed by atoms with Gasteiger partial charge in [-0.25, -0.2) is 0 Å². The Morgan fingerprint density at radius 3 is 3.00 bits per heavy atom. The molecule has 0 radical (unpaired) electrons. The van der Waals surface area contributed by atoms with E-state index in [-0.39, 0.29) is 17.7 Å². The van der Waals surface area contributed by atoms with E-state index in [1.54, 1.807) is 6.20 Å². The van der Waals surface area contributed by atoms with Gasteiger partial charge in [0.25, 0.3) is 0 Å². The third-order valence-electron chi connectivity index (χ3n) is 3.65. The van der Waals surface area contributed by atoms with Crippen molar-refractivity contribution in [2.75, 3.05) is 6.54 Å². The average molecular weight is 272 g/mol. The largest absolute Gasteiger partial charge is 0.329 e. The third-order valence-corrected chi connectivity index (χ3v) is 3.65. The predicted octanol–water partition coefficient (Wildman–Crippen LogP) is 0.515. The number of aromatic nitrogens is 2. The smallest absolute Gasteiger partial charge is 0.234 e. The molecule has 2 heterocycles. The molecule has 1 aromatic heterocycles. The fourth-order valence-electron chi connectivity index (χ4n) is 2.63. The van der Waals surface area contributed by atoms with Gasteiger partial charge in [-0.15, -0.1) is 0 Å². The lowest BCUT2D eigenvalue weighted by molar-refractivity contribution is -0.134. The first kappa shape index (κ1) is 12.8. The van der Waals surface area contributed by atoms with Gasteiger partial charge in [-0.05, 0) is 24.1 Å². The topological polar surface area (TPSA) is 90.0 Å². The molecular weight excluding hydrogens is 256 g/mol. The molecular formula is C14H16N4O2.